The van der Waals surface area contributed by atoms with Crippen molar-refractivity contribution in [3.8, 4) is 0 Å². The maximum Gasteiger partial charge on any atom is 0.123 e. The lowest BCUT2D eigenvalue weighted by Gasteiger charge is -2.40. The summed E-state index contributed by atoms with van der Waals surface area (Å²) in [6.45, 7) is 5.32. The van der Waals surface area contributed by atoms with Gasteiger partial charge < -0.3 is 9.84 Å². The molecule has 1 saturated carbocycles. The van der Waals surface area contributed by atoms with Crippen molar-refractivity contribution in [2.75, 3.05) is 26.2 Å². The molecule has 1 unspecified atom stereocenters. The Hall–Kier alpha value is -0.490. The molecule has 0 aromatic carbocycles. The first kappa shape index (κ1) is 14.4. The Labute approximate surface area is 124 Å². The quantitative estimate of drug-likeness (QED) is 0.931. The van der Waals surface area contributed by atoms with Gasteiger partial charge in [0.1, 0.15) is 11.1 Å². The predicted molar refractivity (Wildman–Crippen MR) is 80.0 cm³/mol. The van der Waals surface area contributed by atoms with Gasteiger partial charge in [-0.15, -0.1) is 11.3 Å². The summed E-state index contributed by atoms with van der Waals surface area (Å²) in [5.41, 5.74) is 0.593. The number of aromatic nitrogens is 1. The second-order valence-electron chi connectivity index (χ2n) is 6.21. The van der Waals surface area contributed by atoms with Gasteiger partial charge in [-0.1, -0.05) is 19.3 Å². The van der Waals surface area contributed by atoms with Crippen LogP contribution in [0, 0.1) is 6.92 Å². The van der Waals surface area contributed by atoms with Crippen LogP contribution in [0.1, 0.15) is 48.9 Å². The van der Waals surface area contributed by atoms with Crippen molar-refractivity contribution >= 4 is 11.3 Å². The van der Waals surface area contributed by atoms with Gasteiger partial charge in [0.05, 0.1) is 12.2 Å². The van der Waals surface area contributed by atoms with Crippen LogP contribution in [0.4, 0.5) is 0 Å². The zero-order valence-corrected chi connectivity index (χ0v) is 13.0. The zero-order valence-electron chi connectivity index (χ0n) is 12.2. The van der Waals surface area contributed by atoms with E-state index in [1.165, 1.54) is 6.42 Å². The minimum absolute atomic E-state index is 0.0784. The number of ether oxygens (including phenoxy) is 1. The highest BCUT2D eigenvalue weighted by molar-refractivity contribution is 7.09. The smallest absolute Gasteiger partial charge is 0.123 e. The number of morpholine rings is 1. The van der Waals surface area contributed by atoms with E-state index in [9.17, 15) is 5.11 Å². The highest BCUT2D eigenvalue weighted by Crippen LogP contribution is 2.31. The molecule has 5 heteroatoms. The molecule has 2 heterocycles. The van der Waals surface area contributed by atoms with Crippen LogP contribution in [0.15, 0.2) is 5.38 Å². The molecule has 1 aliphatic heterocycles. The van der Waals surface area contributed by atoms with Gasteiger partial charge in [-0.25, -0.2) is 4.98 Å². The van der Waals surface area contributed by atoms with E-state index >= 15 is 0 Å². The van der Waals surface area contributed by atoms with Gasteiger partial charge in [-0.3, -0.25) is 4.90 Å². The first-order valence-corrected chi connectivity index (χ1v) is 8.51. The third-order valence-electron chi connectivity index (χ3n) is 4.36. The lowest BCUT2D eigenvalue weighted by molar-refractivity contribution is -0.0766. The number of β-amino-alcohol motifs (C(OH)–C–C–N with tert-alkyl or cyclic N) is 1. The van der Waals surface area contributed by atoms with Crippen LogP contribution in [0.2, 0.25) is 0 Å². The monoisotopic (exact) mass is 296 g/mol. The number of aryl methyl sites for hydroxylation is 1. The van der Waals surface area contributed by atoms with Gasteiger partial charge in [0, 0.05) is 30.7 Å². The lowest BCUT2D eigenvalue weighted by atomic mass is 9.84. The van der Waals surface area contributed by atoms with Crippen molar-refractivity contribution in [3.05, 3.63) is 16.1 Å². The van der Waals surface area contributed by atoms with Crippen molar-refractivity contribution in [1.82, 2.24) is 9.88 Å². The predicted octanol–water partition coefficient (Wildman–Crippen LogP) is 2.52. The van der Waals surface area contributed by atoms with E-state index in [1.54, 1.807) is 11.3 Å². The summed E-state index contributed by atoms with van der Waals surface area (Å²) in [5, 5.41) is 13.8. The van der Waals surface area contributed by atoms with Gasteiger partial charge >= 0.3 is 0 Å². The maximum atomic E-state index is 10.7. The summed E-state index contributed by atoms with van der Waals surface area (Å²) in [6, 6.07) is 0. The number of hydrogen-bond acceptors (Lipinski definition) is 5. The fraction of sp³-hybridized carbons (Fsp3) is 0.800. The van der Waals surface area contributed by atoms with Gasteiger partial charge in [0.15, 0.2) is 0 Å². The van der Waals surface area contributed by atoms with Crippen LogP contribution in [0.5, 0.6) is 0 Å². The Kier molecular flexibility index (Phi) is 4.40. The van der Waals surface area contributed by atoms with Crippen molar-refractivity contribution in [2.45, 2.75) is 50.7 Å². The molecule has 1 saturated heterocycles. The van der Waals surface area contributed by atoms with Crippen LogP contribution < -0.4 is 0 Å². The highest BCUT2D eigenvalue weighted by Gasteiger charge is 2.34. The Bertz CT molecular complexity index is 443. The van der Waals surface area contributed by atoms with E-state index in [4.69, 9.17) is 4.74 Å². The molecule has 0 radical (unpaired) electrons. The standard InChI is InChI=1S/C15H24N2O2S/c1-12-10-20-14(16-12)13-9-17(7-8-19-13)11-15(18)5-3-2-4-6-15/h10,13,18H,2-9,11H2,1H3. The summed E-state index contributed by atoms with van der Waals surface area (Å²) < 4.78 is 5.85. The molecular formula is C15H24N2O2S. The molecule has 3 rings (SSSR count). The molecule has 0 bridgehead atoms. The van der Waals surface area contributed by atoms with E-state index in [-0.39, 0.29) is 6.10 Å². The van der Waals surface area contributed by atoms with Gasteiger partial charge in [0.2, 0.25) is 0 Å². The number of aliphatic hydroxyl groups is 1. The van der Waals surface area contributed by atoms with E-state index in [0.717, 1.165) is 62.6 Å². The van der Waals surface area contributed by atoms with Gasteiger partial charge in [-0.05, 0) is 19.8 Å². The van der Waals surface area contributed by atoms with Crippen molar-refractivity contribution in [3.63, 3.8) is 0 Å². The van der Waals surface area contributed by atoms with Gasteiger partial charge in [-0.2, -0.15) is 0 Å². The van der Waals surface area contributed by atoms with Crippen molar-refractivity contribution < 1.29 is 9.84 Å². The molecule has 2 fully saturated rings. The molecule has 4 nitrogen and oxygen atoms in total. The summed E-state index contributed by atoms with van der Waals surface area (Å²) in [7, 11) is 0. The van der Waals surface area contributed by atoms with Crippen molar-refractivity contribution in [1.29, 1.82) is 0 Å². The highest BCUT2D eigenvalue weighted by atomic mass is 32.1. The second-order valence-corrected chi connectivity index (χ2v) is 7.10. The maximum absolute atomic E-state index is 10.7. The van der Waals surface area contributed by atoms with E-state index < -0.39 is 5.60 Å². The Balaban J connectivity index is 1.60. The number of rotatable bonds is 3. The second kappa shape index (κ2) is 6.10. The molecule has 1 N–H and O–H groups in total. The average molecular weight is 296 g/mol. The molecule has 0 spiro atoms. The average Bonchev–Trinajstić information content (AvgIpc) is 2.86. The molecule has 0 amide bonds. The van der Waals surface area contributed by atoms with E-state index in [1.807, 2.05) is 6.92 Å². The van der Waals surface area contributed by atoms with Crippen molar-refractivity contribution in [2.24, 2.45) is 0 Å². The lowest BCUT2D eigenvalue weighted by Crippen LogP contribution is -2.49. The number of thiazole rings is 1. The molecule has 1 aromatic heterocycles. The fourth-order valence-electron chi connectivity index (χ4n) is 3.30. The summed E-state index contributed by atoms with van der Waals surface area (Å²) >= 11 is 1.68. The zero-order chi connectivity index (χ0) is 14.0. The van der Waals surface area contributed by atoms with E-state index in [2.05, 4.69) is 15.3 Å². The Morgan fingerprint density at radius 3 is 2.95 bits per heavy atom. The normalized spacial score (nSPS) is 27.6. The molecular weight excluding hydrogens is 272 g/mol. The van der Waals surface area contributed by atoms with Crippen LogP contribution in [0.3, 0.4) is 0 Å². The summed E-state index contributed by atoms with van der Waals surface area (Å²) in [5.74, 6) is 0. The largest absolute Gasteiger partial charge is 0.389 e. The van der Waals surface area contributed by atoms with Crippen LogP contribution >= 0.6 is 11.3 Å². The summed E-state index contributed by atoms with van der Waals surface area (Å²) in [4.78, 5) is 6.89. The minimum atomic E-state index is -0.473. The Morgan fingerprint density at radius 1 is 1.45 bits per heavy atom. The van der Waals surface area contributed by atoms with Gasteiger partial charge in [0.25, 0.3) is 0 Å². The first-order chi connectivity index (χ1) is 9.65. The molecule has 112 valence electrons. The topological polar surface area (TPSA) is 45.6 Å². The molecule has 1 aromatic rings. The Morgan fingerprint density at radius 2 is 2.25 bits per heavy atom. The first-order valence-electron chi connectivity index (χ1n) is 7.63. The number of nitrogens with zero attached hydrogens (tertiary/aromatic N) is 2. The van der Waals surface area contributed by atoms with E-state index in [0.29, 0.717) is 0 Å². The van der Waals surface area contributed by atoms with Crippen LogP contribution in [0.25, 0.3) is 0 Å². The minimum Gasteiger partial charge on any atom is -0.389 e. The van der Waals surface area contributed by atoms with Crippen LogP contribution in [-0.4, -0.2) is 46.8 Å². The van der Waals surface area contributed by atoms with Crippen LogP contribution in [-0.2, 0) is 4.74 Å². The molecule has 1 atom stereocenters. The summed E-state index contributed by atoms with van der Waals surface area (Å²) in [6.07, 6.45) is 5.57. The molecule has 2 aliphatic rings. The third-order valence-corrected chi connectivity index (χ3v) is 5.42. The molecule has 20 heavy (non-hydrogen) atoms. The molecule has 1 aliphatic carbocycles. The third kappa shape index (κ3) is 3.39. The SMILES string of the molecule is Cc1csc(C2CN(CC3(O)CCCCC3)CCO2)n1. The fourth-order valence-corrected chi connectivity index (χ4v) is 4.13. The number of hydrogen-bond donors (Lipinski definition) is 1.